The van der Waals surface area contributed by atoms with E-state index in [1.807, 2.05) is 55.5 Å². The number of hydrogen-bond acceptors (Lipinski definition) is 5. The molecule has 30 heavy (non-hydrogen) atoms. The minimum absolute atomic E-state index is 0.310. The molecule has 0 fully saturated rings. The van der Waals surface area contributed by atoms with Crippen molar-refractivity contribution in [2.45, 2.75) is 23.2 Å². The summed E-state index contributed by atoms with van der Waals surface area (Å²) in [6.45, 7) is 1.92. The number of carbonyl (C=O) groups is 2. The predicted octanol–water partition coefficient (Wildman–Crippen LogP) is 5.32. The average molecular weight is 438 g/mol. The van der Waals surface area contributed by atoms with Gasteiger partial charge in [0, 0.05) is 11.8 Å². The van der Waals surface area contributed by atoms with Crippen molar-refractivity contribution in [2.24, 2.45) is 0 Å². The Morgan fingerprint density at radius 1 is 1.13 bits per heavy atom. The molecular weight excluding hydrogens is 422 g/mol. The van der Waals surface area contributed by atoms with Gasteiger partial charge in [0.05, 0.1) is 17.4 Å². The number of rotatable bonds is 4. The molecule has 8 heteroatoms. The minimum Gasteiger partial charge on any atom is -0.457 e. The first-order chi connectivity index (χ1) is 14.5. The van der Waals surface area contributed by atoms with Gasteiger partial charge in [-0.15, -0.1) is 0 Å². The predicted molar refractivity (Wildman–Crippen MR) is 116 cm³/mol. The third-order valence-corrected chi connectivity index (χ3v) is 6.77. The van der Waals surface area contributed by atoms with E-state index >= 15 is 0 Å². The molecular formula is C22H16ClN3O3S. The number of aromatic nitrogens is 1. The Kier molecular flexibility index (Phi) is 4.64. The van der Waals surface area contributed by atoms with Gasteiger partial charge in [0.25, 0.3) is 0 Å². The number of hydrogen-bond donors (Lipinski definition) is 1. The Morgan fingerprint density at radius 2 is 1.93 bits per heavy atom. The Balaban J connectivity index is 1.53. The maximum absolute atomic E-state index is 13.0. The van der Waals surface area contributed by atoms with E-state index in [4.69, 9.17) is 16.3 Å². The van der Waals surface area contributed by atoms with Crippen LogP contribution in [-0.2, 0) is 4.79 Å². The molecule has 2 aliphatic rings. The van der Waals surface area contributed by atoms with Crippen molar-refractivity contribution in [2.75, 3.05) is 4.90 Å². The van der Waals surface area contributed by atoms with Gasteiger partial charge in [-0.25, -0.2) is 9.78 Å². The van der Waals surface area contributed by atoms with Crippen LogP contribution < -0.4 is 15.0 Å². The van der Waals surface area contributed by atoms with Crippen LogP contribution in [0.15, 0.2) is 65.8 Å². The Morgan fingerprint density at radius 3 is 2.67 bits per heavy atom. The maximum Gasteiger partial charge on any atom is 0.327 e. The summed E-state index contributed by atoms with van der Waals surface area (Å²) < 4.78 is 5.90. The number of nitrogens with one attached hydrogen (secondary N) is 1. The third kappa shape index (κ3) is 3.11. The first kappa shape index (κ1) is 19.0. The van der Waals surface area contributed by atoms with Crippen molar-refractivity contribution in [1.82, 2.24) is 10.3 Å². The highest BCUT2D eigenvalue weighted by Gasteiger charge is 2.46. The van der Waals surface area contributed by atoms with E-state index in [-0.39, 0.29) is 6.03 Å². The lowest BCUT2D eigenvalue weighted by molar-refractivity contribution is -0.111. The van der Waals surface area contributed by atoms with Gasteiger partial charge in [-0.2, -0.15) is 0 Å². The molecule has 2 amide bonds. The highest BCUT2D eigenvalue weighted by atomic mass is 35.5. The van der Waals surface area contributed by atoms with E-state index in [0.29, 0.717) is 16.5 Å². The van der Waals surface area contributed by atoms with Gasteiger partial charge >= 0.3 is 6.03 Å². The molecule has 3 heterocycles. The SMILES string of the molecule is Cc1cc(Oc2ccccc2)ccc1N1C(=O)NC2c3c1ccnc3SC2C(=O)Cl. The molecule has 0 saturated heterocycles. The number of aryl methyl sites for hydroxylation is 1. The zero-order valence-electron chi connectivity index (χ0n) is 15.8. The molecule has 1 N–H and O–H groups in total. The number of halogens is 1. The topological polar surface area (TPSA) is 71.5 Å². The first-order valence-electron chi connectivity index (χ1n) is 9.32. The van der Waals surface area contributed by atoms with Gasteiger partial charge in [0.15, 0.2) is 0 Å². The van der Waals surface area contributed by atoms with Crippen molar-refractivity contribution in [1.29, 1.82) is 0 Å². The number of carbonyl (C=O) groups excluding carboxylic acids is 2. The molecule has 2 aromatic carbocycles. The number of anilines is 2. The lowest BCUT2D eigenvalue weighted by Crippen LogP contribution is -2.46. The van der Waals surface area contributed by atoms with E-state index in [1.54, 1.807) is 17.2 Å². The smallest absolute Gasteiger partial charge is 0.327 e. The molecule has 1 aromatic heterocycles. The summed E-state index contributed by atoms with van der Waals surface area (Å²) >= 11 is 7.05. The summed E-state index contributed by atoms with van der Waals surface area (Å²) in [5.41, 5.74) is 3.13. The summed E-state index contributed by atoms with van der Waals surface area (Å²) in [6.07, 6.45) is 1.65. The largest absolute Gasteiger partial charge is 0.457 e. The highest BCUT2D eigenvalue weighted by Crippen LogP contribution is 2.51. The molecule has 0 spiro atoms. The van der Waals surface area contributed by atoms with Gasteiger partial charge in [-0.1, -0.05) is 30.0 Å². The van der Waals surface area contributed by atoms with Crippen LogP contribution in [0, 0.1) is 6.92 Å². The molecule has 0 bridgehead atoms. The third-order valence-electron chi connectivity index (χ3n) is 5.12. The minimum atomic E-state index is -0.579. The summed E-state index contributed by atoms with van der Waals surface area (Å²) in [4.78, 5) is 30.9. The highest BCUT2D eigenvalue weighted by molar-refractivity contribution is 8.01. The van der Waals surface area contributed by atoms with Crippen LogP contribution in [0.3, 0.4) is 0 Å². The number of amides is 2. The average Bonchev–Trinajstić information content (AvgIpc) is 3.10. The van der Waals surface area contributed by atoms with Gasteiger partial charge in [-0.3, -0.25) is 9.69 Å². The fourth-order valence-electron chi connectivity index (χ4n) is 3.80. The normalized spacial score (nSPS) is 19.3. The maximum atomic E-state index is 13.0. The lowest BCUT2D eigenvalue weighted by Gasteiger charge is -2.34. The second-order valence-electron chi connectivity index (χ2n) is 7.02. The number of para-hydroxylation sites is 1. The van der Waals surface area contributed by atoms with Crippen LogP contribution in [0.4, 0.5) is 16.2 Å². The molecule has 0 aliphatic carbocycles. The van der Waals surface area contributed by atoms with Crippen molar-refractivity contribution in [3.05, 3.63) is 71.9 Å². The number of ether oxygens (including phenoxy) is 1. The van der Waals surface area contributed by atoms with Crippen LogP contribution in [0.2, 0.25) is 0 Å². The number of urea groups is 1. The van der Waals surface area contributed by atoms with Crippen LogP contribution >= 0.6 is 23.4 Å². The Hall–Kier alpha value is -3.03. The molecule has 0 radical (unpaired) electrons. The monoisotopic (exact) mass is 437 g/mol. The number of nitrogens with zero attached hydrogens (tertiary/aromatic N) is 2. The quantitative estimate of drug-likeness (QED) is 0.559. The van der Waals surface area contributed by atoms with Crippen LogP contribution in [0.1, 0.15) is 17.2 Å². The van der Waals surface area contributed by atoms with Gasteiger partial charge in [-0.05, 0) is 60.5 Å². The molecule has 5 rings (SSSR count). The van der Waals surface area contributed by atoms with E-state index in [0.717, 1.165) is 22.6 Å². The van der Waals surface area contributed by atoms with Crippen LogP contribution in [0.5, 0.6) is 11.5 Å². The van der Waals surface area contributed by atoms with Crippen molar-refractivity contribution in [3.8, 4) is 11.5 Å². The number of benzene rings is 2. The van der Waals surface area contributed by atoms with Crippen molar-refractivity contribution >= 4 is 46.0 Å². The summed E-state index contributed by atoms with van der Waals surface area (Å²) in [6, 6.07) is 16.1. The Bertz CT molecular complexity index is 1170. The lowest BCUT2D eigenvalue weighted by atomic mass is 10.0. The molecule has 6 nitrogen and oxygen atoms in total. The fraction of sp³-hybridized carbons (Fsp3) is 0.136. The summed E-state index contributed by atoms with van der Waals surface area (Å²) in [7, 11) is 0. The standard InChI is InChI=1S/C22H16ClN3O3S/c1-12-11-14(29-13-5-3-2-4-6-13)7-8-15(12)26-16-9-10-24-21-17(16)18(25-22(26)28)19(30-21)20(23)27/h2-11,18-19H,1H3,(H,25,28). The zero-order chi connectivity index (χ0) is 20.8. The van der Waals surface area contributed by atoms with Crippen molar-refractivity contribution in [3.63, 3.8) is 0 Å². The van der Waals surface area contributed by atoms with Crippen LogP contribution in [-0.4, -0.2) is 21.5 Å². The van der Waals surface area contributed by atoms with E-state index in [2.05, 4.69) is 10.3 Å². The Labute approximate surface area is 182 Å². The van der Waals surface area contributed by atoms with E-state index < -0.39 is 16.5 Å². The molecule has 2 aliphatic heterocycles. The second kappa shape index (κ2) is 7.34. The molecule has 2 unspecified atom stereocenters. The van der Waals surface area contributed by atoms with Gasteiger partial charge < -0.3 is 10.1 Å². The number of thioether (sulfide) groups is 1. The fourth-order valence-corrected chi connectivity index (χ4v) is 5.22. The van der Waals surface area contributed by atoms with Crippen molar-refractivity contribution < 1.29 is 14.3 Å². The summed E-state index contributed by atoms with van der Waals surface area (Å²) in [5.74, 6) is 1.42. The van der Waals surface area contributed by atoms with E-state index in [9.17, 15) is 9.59 Å². The molecule has 150 valence electrons. The first-order valence-corrected chi connectivity index (χ1v) is 10.6. The van der Waals surface area contributed by atoms with Gasteiger partial charge in [0.1, 0.15) is 21.8 Å². The second-order valence-corrected chi connectivity index (χ2v) is 8.52. The number of pyridine rings is 1. The molecule has 3 aromatic rings. The summed E-state index contributed by atoms with van der Waals surface area (Å²) in [5, 5.41) is 2.56. The molecule has 0 saturated carbocycles. The van der Waals surface area contributed by atoms with Gasteiger partial charge in [0.2, 0.25) is 5.24 Å². The zero-order valence-corrected chi connectivity index (χ0v) is 17.4. The van der Waals surface area contributed by atoms with E-state index in [1.165, 1.54) is 11.8 Å². The molecule has 2 atom stereocenters. The van der Waals surface area contributed by atoms with Crippen LogP contribution in [0.25, 0.3) is 0 Å².